The maximum Gasteiger partial charge on any atom is 0.508 e. The van der Waals surface area contributed by atoms with Gasteiger partial charge in [0.05, 0.1) is 19.8 Å². The van der Waals surface area contributed by atoms with Crippen LogP contribution in [-0.2, 0) is 14.2 Å². The van der Waals surface area contributed by atoms with Crippen LogP contribution in [0, 0.1) is 0 Å². The Morgan fingerprint density at radius 2 is 1.94 bits per heavy atom. The van der Waals surface area contributed by atoms with Crippen molar-refractivity contribution in [1.29, 1.82) is 0 Å². The van der Waals surface area contributed by atoms with E-state index in [1.165, 1.54) is 7.11 Å². The first-order valence-corrected chi connectivity index (χ1v) is 5.11. The second-order valence-corrected chi connectivity index (χ2v) is 3.23. The average Bonchev–Trinajstić information content (AvgIpc) is 2.35. The minimum absolute atomic E-state index is 0.0116. The largest absolute Gasteiger partial charge is 0.508 e. The van der Waals surface area contributed by atoms with Crippen molar-refractivity contribution in [3.63, 3.8) is 0 Å². The second kappa shape index (κ2) is 6.85. The Morgan fingerprint density at radius 3 is 2.56 bits per heavy atom. The topological polar surface area (TPSA) is 44.8 Å². The molecule has 16 heavy (non-hydrogen) atoms. The molecule has 0 N–H and O–H groups in total. The smallest absolute Gasteiger partial charge is 0.438 e. The van der Waals surface area contributed by atoms with Crippen molar-refractivity contribution in [2.75, 3.05) is 20.3 Å². The van der Waals surface area contributed by atoms with Crippen LogP contribution < -0.4 is 0 Å². The Morgan fingerprint density at radius 1 is 1.25 bits per heavy atom. The van der Waals surface area contributed by atoms with Crippen LogP contribution in [0.1, 0.15) is 18.6 Å². The fourth-order valence-electron chi connectivity index (χ4n) is 1.23. The lowest BCUT2D eigenvalue weighted by Gasteiger charge is -2.13. The molecule has 0 fully saturated rings. The van der Waals surface area contributed by atoms with Gasteiger partial charge >= 0.3 is 6.16 Å². The zero-order valence-corrected chi connectivity index (χ0v) is 9.51. The Labute approximate surface area is 95.1 Å². The van der Waals surface area contributed by atoms with Gasteiger partial charge in [0.1, 0.15) is 6.61 Å². The van der Waals surface area contributed by atoms with Crippen molar-refractivity contribution >= 4 is 6.16 Å². The molecular formula is C12H16O4. The molecule has 0 aliphatic heterocycles. The van der Waals surface area contributed by atoms with Crippen molar-refractivity contribution in [2.45, 2.75) is 13.0 Å². The van der Waals surface area contributed by atoms with Gasteiger partial charge in [-0.3, -0.25) is 0 Å². The third-order valence-electron chi connectivity index (χ3n) is 2.11. The highest BCUT2D eigenvalue weighted by molar-refractivity contribution is 5.59. The minimum Gasteiger partial charge on any atom is -0.438 e. The van der Waals surface area contributed by atoms with Gasteiger partial charge in [-0.1, -0.05) is 30.3 Å². The Hall–Kier alpha value is -1.55. The van der Waals surface area contributed by atoms with Gasteiger partial charge in [-0.15, -0.1) is 0 Å². The van der Waals surface area contributed by atoms with Crippen LogP contribution in [0.15, 0.2) is 30.3 Å². The van der Waals surface area contributed by atoms with Crippen LogP contribution in [0.4, 0.5) is 4.79 Å². The third-order valence-corrected chi connectivity index (χ3v) is 2.11. The van der Waals surface area contributed by atoms with Crippen LogP contribution in [0.3, 0.4) is 0 Å². The summed E-state index contributed by atoms with van der Waals surface area (Å²) in [6.45, 7) is 2.50. The molecule has 0 aromatic heterocycles. The van der Waals surface area contributed by atoms with E-state index in [1.54, 1.807) is 0 Å². The average molecular weight is 224 g/mol. The molecule has 1 aromatic carbocycles. The molecule has 88 valence electrons. The summed E-state index contributed by atoms with van der Waals surface area (Å²) in [4.78, 5) is 10.6. The van der Waals surface area contributed by atoms with E-state index in [0.717, 1.165) is 5.56 Å². The molecule has 1 rings (SSSR count). The molecule has 0 heterocycles. The fourth-order valence-corrected chi connectivity index (χ4v) is 1.23. The molecule has 0 bridgehead atoms. The van der Waals surface area contributed by atoms with Gasteiger partial charge in [-0.05, 0) is 12.5 Å². The van der Waals surface area contributed by atoms with Crippen LogP contribution in [-0.4, -0.2) is 26.5 Å². The quantitative estimate of drug-likeness (QED) is 0.569. The molecule has 0 radical (unpaired) electrons. The van der Waals surface area contributed by atoms with Gasteiger partial charge in [0.2, 0.25) is 0 Å². The first-order chi connectivity index (χ1) is 7.74. The van der Waals surface area contributed by atoms with Crippen LogP contribution in [0.25, 0.3) is 0 Å². The number of methoxy groups -OCH3 is 1. The van der Waals surface area contributed by atoms with E-state index >= 15 is 0 Å². The van der Waals surface area contributed by atoms with E-state index in [0.29, 0.717) is 6.61 Å². The maximum atomic E-state index is 10.6. The molecule has 0 aliphatic carbocycles. The van der Waals surface area contributed by atoms with Gasteiger partial charge in [0.25, 0.3) is 0 Å². The first-order valence-electron chi connectivity index (χ1n) is 5.11. The van der Waals surface area contributed by atoms with E-state index in [1.807, 2.05) is 37.3 Å². The monoisotopic (exact) mass is 224 g/mol. The zero-order valence-electron chi connectivity index (χ0n) is 9.51. The molecule has 0 saturated heterocycles. The van der Waals surface area contributed by atoms with Gasteiger partial charge in [-0.25, -0.2) is 4.79 Å². The number of hydrogen-bond acceptors (Lipinski definition) is 4. The predicted octanol–water partition coefficient (Wildman–Crippen LogP) is 2.55. The van der Waals surface area contributed by atoms with Crippen LogP contribution in [0.2, 0.25) is 0 Å². The number of carbonyl (C=O) groups is 1. The lowest BCUT2D eigenvalue weighted by atomic mass is 10.1. The molecule has 4 heteroatoms. The summed E-state index contributed by atoms with van der Waals surface area (Å²) in [6.07, 6.45) is -0.696. The van der Waals surface area contributed by atoms with Crippen molar-refractivity contribution < 1.29 is 19.0 Å². The molecular weight excluding hydrogens is 208 g/mol. The molecule has 0 aliphatic rings. The number of ether oxygens (including phenoxy) is 3. The lowest BCUT2D eigenvalue weighted by Crippen LogP contribution is -2.11. The summed E-state index contributed by atoms with van der Waals surface area (Å²) in [5.41, 5.74) is 1.10. The predicted molar refractivity (Wildman–Crippen MR) is 59.2 cm³/mol. The van der Waals surface area contributed by atoms with Gasteiger partial charge in [-0.2, -0.15) is 0 Å². The van der Waals surface area contributed by atoms with Crippen LogP contribution >= 0.6 is 0 Å². The van der Waals surface area contributed by atoms with Crippen molar-refractivity contribution in [1.82, 2.24) is 0 Å². The van der Waals surface area contributed by atoms with E-state index in [-0.39, 0.29) is 12.7 Å². The van der Waals surface area contributed by atoms with E-state index in [9.17, 15) is 4.79 Å². The highest BCUT2D eigenvalue weighted by Crippen LogP contribution is 2.15. The highest BCUT2D eigenvalue weighted by Gasteiger charge is 2.05. The third kappa shape index (κ3) is 4.31. The minimum atomic E-state index is -0.684. The van der Waals surface area contributed by atoms with Crippen molar-refractivity contribution in [3.05, 3.63) is 35.9 Å². The number of rotatable bonds is 5. The lowest BCUT2D eigenvalue weighted by molar-refractivity contribution is 0.0117. The highest BCUT2D eigenvalue weighted by atomic mass is 16.7. The van der Waals surface area contributed by atoms with Gasteiger partial charge in [0.15, 0.2) is 0 Å². The SMILES string of the molecule is COC(=O)OCCOC(C)c1ccccc1. The summed E-state index contributed by atoms with van der Waals surface area (Å²) in [7, 11) is 1.27. The maximum absolute atomic E-state index is 10.6. The zero-order chi connectivity index (χ0) is 11.8. The van der Waals surface area contributed by atoms with Gasteiger partial charge in [0, 0.05) is 0 Å². The Bertz CT molecular complexity index is 310. The molecule has 0 amide bonds. The molecule has 1 aromatic rings. The first kappa shape index (κ1) is 12.5. The van der Waals surface area contributed by atoms with Crippen molar-refractivity contribution in [3.8, 4) is 0 Å². The molecule has 0 saturated carbocycles. The Balaban J connectivity index is 2.21. The van der Waals surface area contributed by atoms with E-state index < -0.39 is 6.16 Å². The summed E-state index contributed by atoms with van der Waals surface area (Å²) in [5, 5.41) is 0. The summed E-state index contributed by atoms with van der Waals surface area (Å²) < 4.78 is 14.5. The summed E-state index contributed by atoms with van der Waals surface area (Å²) in [5.74, 6) is 0. The standard InChI is InChI=1S/C12H16O4/c1-10(11-6-4-3-5-7-11)15-8-9-16-12(13)14-2/h3-7,10H,8-9H2,1-2H3. The number of carbonyl (C=O) groups excluding carboxylic acids is 1. The normalized spacial score (nSPS) is 11.9. The summed E-state index contributed by atoms with van der Waals surface area (Å²) >= 11 is 0. The molecule has 0 spiro atoms. The molecule has 1 atom stereocenters. The fraction of sp³-hybridized carbons (Fsp3) is 0.417. The summed E-state index contributed by atoms with van der Waals surface area (Å²) in [6, 6.07) is 9.86. The molecule has 1 unspecified atom stereocenters. The number of hydrogen-bond donors (Lipinski definition) is 0. The van der Waals surface area contributed by atoms with Gasteiger partial charge < -0.3 is 14.2 Å². The van der Waals surface area contributed by atoms with E-state index in [4.69, 9.17) is 9.47 Å². The van der Waals surface area contributed by atoms with Crippen molar-refractivity contribution in [2.24, 2.45) is 0 Å². The second-order valence-electron chi connectivity index (χ2n) is 3.23. The number of benzene rings is 1. The van der Waals surface area contributed by atoms with Crippen LogP contribution in [0.5, 0.6) is 0 Å². The van der Waals surface area contributed by atoms with E-state index in [2.05, 4.69) is 4.74 Å². The Kier molecular flexibility index (Phi) is 5.36. The molecule has 4 nitrogen and oxygen atoms in total.